The number of cyclic esters (lactones) is 1. The third-order valence-electron chi connectivity index (χ3n) is 6.18. The van der Waals surface area contributed by atoms with Crippen molar-refractivity contribution in [1.29, 1.82) is 0 Å². The maximum atomic E-state index is 12.3. The summed E-state index contributed by atoms with van der Waals surface area (Å²) in [5, 5.41) is 0. The van der Waals surface area contributed by atoms with Crippen LogP contribution >= 0.6 is 0 Å². The van der Waals surface area contributed by atoms with Crippen molar-refractivity contribution >= 4 is 11.8 Å². The van der Waals surface area contributed by atoms with Crippen LogP contribution in [0.4, 0.5) is 0 Å². The number of carbonyl (C=O) groups excluding carboxylic acids is 2. The Labute approximate surface area is 144 Å². The van der Waals surface area contributed by atoms with Gasteiger partial charge in [-0.2, -0.15) is 0 Å². The quantitative estimate of drug-likeness (QED) is 0.738. The van der Waals surface area contributed by atoms with E-state index in [9.17, 15) is 9.59 Å². The molecule has 3 unspecified atom stereocenters. The minimum Gasteiger partial charge on any atom is -0.435 e. The Bertz CT molecular complexity index is 488. The second kappa shape index (κ2) is 7.12. The van der Waals surface area contributed by atoms with Crippen LogP contribution in [0.5, 0.6) is 0 Å². The number of methoxy groups -OCH3 is 1. The highest BCUT2D eigenvalue weighted by Crippen LogP contribution is 2.43. The molecule has 3 aliphatic rings. The van der Waals surface area contributed by atoms with Crippen molar-refractivity contribution < 1.29 is 23.8 Å². The van der Waals surface area contributed by atoms with E-state index in [1.54, 1.807) is 7.11 Å². The van der Waals surface area contributed by atoms with Crippen molar-refractivity contribution in [2.75, 3.05) is 7.11 Å². The fraction of sp³-hybridized carbons (Fsp3) is 0.895. The van der Waals surface area contributed by atoms with E-state index in [2.05, 4.69) is 20.8 Å². The first-order chi connectivity index (χ1) is 11.4. The summed E-state index contributed by atoms with van der Waals surface area (Å²) in [7, 11) is 1.55. The van der Waals surface area contributed by atoms with E-state index in [0.29, 0.717) is 30.6 Å². The first-order valence-corrected chi connectivity index (χ1v) is 9.31. The van der Waals surface area contributed by atoms with E-state index in [1.165, 1.54) is 6.42 Å². The van der Waals surface area contributed by atoms with Crippen LogP contribution in [0, 0.1) is 29.6 Å². The standard InChI is InChI=1S/C19H30O5/c1-10(2)13-6-5-11(3)7-15(13)23-19-14-8-12(20)9-16(22-4)17(14)18(21)24-19/h10-11,13-17,19H,5-9H2,1-4H3/t11?,13?,14-,15?,16+,17-,19-/m1/s1. The molecule has 1 aliphatic heterocycles. The summed E-state index contributed by atoms with van der Waals surface area (Å²) >= 11 is 0. The zero-order valence-corrected chi connectivity index (χ0v) is 15.2. The summed E-state index contributed by atoms with van der Waals surface area (Å²) in [4.78, 5) is 24.4. The molecule has 0 N–H and O–H groups in total. The molecule has 0 aromatic rings. The predicted octanol–water partition coefficient (Wildman–Crippen LogP) is 2.96. The third kappa shape index (κ3) is 3.38. The summed E-state index contributed by atoms with van der Waals surface area (Å²) in [5.74, 6) is 0.941. The molecule has 0 aromatic carbocycles. The number of esters is 1. The van der Waals surface area contributed by atoms with E-state index in [0.717, 1.165) is 12.8 Å². The summed E-state index contributed by atoms with van der Waals surface area (Å²) in [6, 6.07) is 0. The fourth-order valence-electron chi connectivity index (χ4n) is 4.77. The number of hydrogen-bond acceptors (Lipinski definition) is 5. The smallest absolute Gasteiger partial charge is 0.314 e. The number of ketones is 1. The van der Waals surface area contributed by atoms with Gasteiger partial charge in [0.25, 0.3) is 0 Å². The lowest BCUT2D eigenvalue weighted by molar-refractivity contribution is -0.197. The SMILES string of the molecule is CO[C@H]1CC(=O)C[C@H]2[C@H](OC3CC(C)CCC3C(C)C)OC(=O)[C@H]21. The molecule has 24 heavy (non-hydrogen) atoms. The number of rotatable bonds is 4. The average Bonchev–Trinajstić information content (AvgIpc) is 2.82. The fourth-order valence-corrected chi connectivity index (χ4v) is 4.77. The first kappa shape index (κ1) is 17.9. The highest BCUT2D eigenvalue weighted by molar-refractivity contribution is 5.85. The average molecular weight is 338 g/mol. The zero-order valence-electron chi connectivity index (χ0n) is 15.2. The number of ether oxygens (including phenoxy) is 3. The van der Waals surface area contributed by atoms with Crippen LogP contribution in [0.15, 0.2) is 0 Å². The van der Waals surface area contributed by atoms with Gasteiger partial charge < -0.3 is 14.2 Å². The van der Waals surface area contributed by atoms with Crippen LogP contribution < -0.4 is 0 Å². The molecule has 2 saturated carbocycles. The number of carbonyl (C=O) groups is 2. The van der Waals surface area contributed by atoms with Gasteiger partial charge in [0.15, 0.2) is 0 Å². The normalized spacial score (nSPS) is 43.0. The summed E-state index contributed by atoms with van der Waals surface area (Å²) < 4.78 is 17.3. The molecule has 136 valence electrons. The lowest BCUT2D eigenvalue weighted by Crippen LogP contribution is -2.43. The van der Waals surface area contributed by atoms with Crippen molar-refractivity contribution in [3.05, 3.63) is 0 Å². The second-order valence-electron chi connectivity index (χ2n) is 8.22. The topological polar surface area (TPSA) is 61.8 Å². The molecule has 2 aliphatic carbocycles. The van der Waals surface area contributed by atoms with Gasteiger partial charge in [-0.05, 0) is 30.6 Å². The van der Waals surface area contributed by atoms with Crippen molar-refractivity contribution in [2.24, 2.45) is 29.6 Å². The Morgan fingerprint density at radius 3 is 2.54 bits per heavy atom. The van der Waals surface area contributed by atoms with Gasteiger partial charge in [-0.3, -0.25) is 9.59 Å². The molecular weight excluding hydrogens is 308 g/mol. The lowest BCUT2D eigenvalue weighted by Gasteiger charge is -2.39. The van der Waals surface area contributed by atoms with Crippen LogP contribution in [0.1, 0.15) is 52.9 Å². The van der Waals surface area contributed by atoms with Gasteiger partial charge in [0.05, 0.1) is 18.1 Å². The zero-order chi connectivity index (χ0) is 17.4. The lowest BCUT2D eigenvalue weighted by atomic mass is 9.75. The maximum Gasteiger partial charge on any atom is 0.314 e. The number of hydrogen-bond donors (Lipinski definition) is 0. The molecule has 1 saturated heterocycles. The molecule has 7 atom stereocenters. The molecule has 5 nitrogen and oxygen atoms in total. The Kier molecular flexibility index (Phi) is 5.30. The van der Waals surface area contributed by atoms with Crippen LogP contribution in [-0.4, -0.2) is 37.4 Å². The van der Waals surface area contributed by atoms with E-state index >= 15 is 0 Å². The van der Waals surface area contributed by atoms with E-state index in [1.807, 2.05) is 0 Å². The Morgan fingerprint density at radius 2 is 1.88 bits per heavy atom. The summed E-state index contributed by atoms with van der Waals surface area (Å²) in [6.07, 6.45) is 3.16. The van der Waals surface area contributed by atoms with Crippen LogP contribution in [0.2, 0.25) is 0 Å². The van der Waals surface area contributed by atoms with Crippen molar-refractivity contribution in [3.63, 3.8) is 0 Å². The van der Waals surface area contributed by atoms with Gasteiger partial charge in [-0.1, -0.05) is 27.2 Å². The molecule has 3 fully saturated rings. The molecule has 0 amide bonds. The van der Waals surface area contributed by atoms with Gasteiger partial charge in [0.2, 0.25) is 6.29 Å². The van der Waals surface area contributed by atoms with Crippen LogP contribution in [0.3, 0.4) is 0 Å². The molecule has 0 bridgehead atoms. The number of fused-ring (bicyclic) bond motifs is 1. The van der Waals surface area contributed by atoms with Gasteiger partial charge in [-0.15, -0.1) is 0 Å². The van der Waals surface area contributed by atoms with Gasteiger partial charge in [0, 0.05) is 25.9 Å². The Hall–Kier alpha value is -0.940. The minimum absolute atomic E-state index is 0.100. The van der Waals surface area contributed by atoms with Gasteiger partial charge in [-0.25, -0.2) is 0 Å². The third-order valence-corrected chi connectivity index (χ3v) is 6.18. The molecule has 0 aromatic heterocycles. The maximum absolute atomic E-state index is 12.3. The minimum atomic E-state index is -0.596. The second-order valence-corrected chi connectivity index (χ2v) is 8.22. The highest BCUT2D eigenvalue weighted by atomic mass is 16.7. The van der Waals surface area contributed by atoms with Crippen LogP contribution in [0.25, 0.3) is 0 Å². The molecular formula is C19H30O5. The molecule has 0 spiro atoms. The Morgan fingerprint density at radius 1 is 1.12 bits per heavy atom. The van der Waals surface area contributed by atoms with Crippen LogP contribution in [-0.2, 0) is 23.8 Å². The van der Waals surface area contributed by atoms with E-state index in [4.69, 9.17) is 14.2 Å². The largest absolute Gasteiger partial charge is 0.435 e. The molecule has 1 heterocycles. The van der Waals surface area contributed by atoms with E-state index < -0.39 is 6.29 Å². The van der Waals surface area contributed by atoms with Gasteiger partial charge in [0.1, 0.15) is 5.78 Å². The van der Waals surface area contributed by atoms with Gasteiger partial charge >= 0.3 is 5.97 Å². The van der Waals surface area contributed by atoms with Crippen molar-refractivity contribution in [3.8, 4) is 0 Å². The first-order valence-electron chi connectivity index (χ1n) is 9.31. The summed E-state index contributed by atoms with van der Waals surface area (Å²) in [5.41, 5.74) is 0. The molecule has 0 radical (unpaired) electrons. The highest BCUT2D eigenvalue weighted by Gasteiger charge is 2.54. The molecule has 3 rings (SSSR count). The summed E-state index contributed by atoms with van der Waals surface area (Å²) in [6.45, 7) is 6.71. The van der Waals surface area contributed by atoms with Crippen molar-refractivity contribution in [1.82, 2.24) is 0 Å². The monoisotopic (exact) mass is 338 g/mol. The number of Topliss-reactive ketones (excluding diaryl/α,β-unsaturated/α-hetero) is 1. The van der Waals surface area contributed by atoms with Crippen molar-refractivity contribution in [2.45, 2.75) is 71.4 Å². The van der Waals surface area contributed by atoms with E-state index in [-0.39, 0.29) is 35.8 Å². The molecule has 5 heteroatoms. The Balaban J connectivity index is 1.74. The predicted molar refractivity (Wildman–Crippen MR) is 88.1 cm³/mol.